The molecule has 0 N–H and O–H groups in total. The van der Waals surface area contributed by atoms with Crippen LogP contribution in [0.4, 0.5) is 24.5 Å². The fraction of sp³-hybridized carbons (Fsp3) is 0.278. The predicted molar refractivity (Wildman–Crippen MR) is 85.8 cm³/mol. The number of halogens is 3. The van der Waals surface area contributed by atoms with Crippen LogP contribution in [-0.4, -0.2) is 6.01 Å². The molecule has 0 aliphatic rings. The van der Waals surface area contributed by atoms with Gasteiger partial charge in [0.25, 0.3) is 0 Å². The van der Waals surface area contributed by atoms with E-state index in [9.17, 15) is 13.2 Å². The molecule has 120 valence electrons. The molecule has 0 spiro atoms. The van der Waals surface area contributed by atoms with Crippen molar-refractivity contribution < 1.29 is 13.2 Å². The number of benzene rings is 2. The molecule has 23 heavy (non-hydrogen) atoms. The van der Waals surface area contributed by atoms with Crippen LogP contribution < -0.4 is 0 Å². The van der Waals surface area contributed by atoms with E-state index in [-0.39, 0.29) is 0 Å². The minimum absolute atomic E-state index is 0.383. The molecule has 2 aromatic rings. The summed E-state index contributed by atoms with van der Waals surface area (Å²) in [5, 5.41) is 0. The van der Waals surface area contributed by atoms with Gasteiger partial charge in [-0.2, -0.15) is 23.2 Å². The number of hydrogen-bond acceptors (Lipinski definition) is 2. The van der Waals surface area contributed by atoms with Crippen molar-refractivity contribution in [2.45, 2.75) is 32.9 Å². The Balaban J connectivity index is 2.28. The summed E-state index contributed by atoms with van der Waals surface area (Å²) in [6, 6.07) is 13.2. The van der Waals surface area contributed by atoms with Gasteiger partial charge in [-0.05, 0) is 48.2 Å². The smallest absolute Gasteiger partial charge is 0.188 e. The number of nitrogens with zero attached hydrogens (tertiary/aromatic N) is 2. The van der Waals surface area contributed by atoms with Crippen LogP contribution in [0.3, 0.4) is 0 Å². The first kappa shape index (κ1) is 17.0. The van der Waals surface area contributed by atoms with Gasteiger partial charge in [0.2, 0.25) is 0 Å². The standard InChI is InChI=1S/C18H17F3N2/c1-3-13-6-5-7-14(4-2)17(13)23-12-22-16-10-8-15(9-11-16)18(19,20)21/h5-11H,3-4H2,1-2H3. The molecule has 0 aromatic heterocycles. The molecule has 0 radical (unpaired) electrons. The fourth-order valence-electron chi connectivity index (χ4n) is 2.22. The molecule has 2 rings (SSSR count). The third kappa shape index (κ3) is 4.30. The highest BCUT2D eigenvalue weighted by Crippen LogP contribution is 2.30. The molecule has 0 amide bonds. The molecule has 5 heteroatoms. The minimum Gasteiger partial charge on any atom is -0.188 e. The van der Waals surface area contributed by atoms with Crippen LogP contribution in [0.5, 0.6) is 0 Å². The van der Waals surface area contributed by atoms with Gasteiger partial charge >= 0.3 is 6.18 Å². The molecule has 0 bridgehead atoms. The lowest BCUT2D eigenvalue weighted by molar-refractivity contribution is -0.137. The summed E-state index contributed by atoms with van der Waals surface area (Å²) in [5.74, 6) is 0. The van der Waals surface area contributed by atoms with Crippen molar-refractivity contribution in [3.63, 3.8) is 0 Å². The Morgan fingerprint density at radius 3 is 1.91 bits per heavy atom. The first-order valence-electron chi connectivity index (χ1n) is 7.40. The van der Waals surface area contributed by atoms with Crippen molar-refractivity contribution in [1.29, 1.82) is 0 Å². The van der Waals surface area contributed by atoms with Gasteiger partial charge in [0.05, 0.1) is 16.9 Å². The van der Waals surface area contributed by atoms with E-state index in [4.69, 9.17) is 0 Å². The van der Waals surface area contributed by atoms with Gasteiger partial charge in [-0.25, -0.2) is 0 Å². The van der Waals surface area contributed by atoms with Crippen molar-refractivity contribution in [2.75, 3.05) is 0 Å². The lowest BCUT2D eigenvalue weighted by Crippen LogP contribution is -2.03. The van der Waals surface area contributed by atoms with E-state index in [1.807, 2.05) is 32.0 Å². The molecular formula is C18H17F3N2. The molecule has 0 aliphatic carbocycles. The third-order valence-corrected chi connectivity index (χ3v) is 3.50. The lowest BCUT2D eigenvalue weighted by Gasteiger charge is -2.06. The monoisotopic (exact) mass is 318 g/mol. The molecule has 0 unspecified atom stereocenters. The molecule has 0 heterocycles. The maximum absolute atomic E-state index is 12.5. The van der Waals surface area contributed by atoms with Crippen molar-refractivity contribution in [3.8, 4) is 0 Å². The van der Waals surface area contributed by atoms with E-state index in [2.05, 4.69) is 16.0 Å². The largest absolute Gasteiger partial charge is 0.416 e. The van der Waals surface area contributed by atoms with Crippen molar-refractivity contribution >= 4 is 17.4 Å². The highest BCUT2D eigenvalue weighted by molar-refractivity contribution is 5.63. The molecule has 0 saturated carbocycles. The highest BCUT2D eigenvalue weighted by atomic mass is 19.4. The SMILES string of the molecule is CCc1cccc(CC)c1N=C=Nc1ccc(C(F)(F)F)cc1. The fourth-order valence-corrected chi connectivity index (χ4v) is 2.22. The van der Waals surface area contributed by atoms with Crippen LogP contribution >= 0.6 is 0 Å². The number of hydrogen-bond donors (Lipinski definition) is 0. The number of aryl methyl sites for hydroxylation is 2. The zero-order valence-corrected chi connectivity index (χ0v) is 13.0. The maximum Gasteiger partial charge on any atom is 0.416 e. The second-order valence-corrected chi connectivity index (χ2v) is 5.00. The molecule has 2 aromatic carbocycles. The average Bonchev–Trinajstić information content (AvgIpc) is 2.54. The molecule has 0 fully saturated rings. The topological polar surface area (TPSA) is 24.7 Å². The zero-order valence-electron chi connectivity index (χ0n) is 13.0. The molecule has 0 atom stereocenters. The summed E-state index contributed by atoms with van der Waals surface area (Å²) < 4.78 is 37.5. The number of alkyl halides is 3. The van der Waals surface area contributed by atoms with E-state index in [0.29, 0.717) is 5.69 Å². The molecule has 0 saturated heterocycles. The van der Waals surface area contributed by atoms with Crippen LogP contribution in [0.25, 0.3) is 0 Å². The predicted octanol–water partition coefficient (Wildman–Crippen LogP) is 5.97. The van der Waals surface area contributed by atoms with Gasteiger partial charge in [0.1, 0.15) is 6.01 Å². The van der Waals surface area contributed by atoms with Crippen molar-refractivity contribution in [2.24, 2.45) is 9.98 Å². The Kier molecular flexibility index (Phi) is 5.35. The first-order chi connectivity index (χ1) is 11.0. The van der Waals surface area contributed by atoms with Gasteiger partial charge < -0.3 is 0 Å². The van der Waals surface area contributed by atoms with E-state index >= 15 is 0 Å². The quantitative estimate of drug-likeness (QED) is 0.621. The van der Waals surface area contributed by atoms with Crippen LogP contribution in [0.15, 0.2) is 52.4 Å². The number of aliphatic imine (C=N–C) groups is 2. The third-order valence-electron chi connectivity index (χ3n) is 3.50. The molecule has 2 nitrogen and oxygen atoms in total. The van der Waals surface area contributed by atoms with Crippen LogP contribution in [0.2, 0.25) is 0 Å². The van der Waals surface area contributed by atoms with Crippen molar-refractivity contribution in [1.82, 2.24) is 0 Å². The van der Waals surface area contributed by atoms with Gasteiger partial charge in [-0.3, -0.25) is 0 Å². The second-order valence-electron chi connectivity index (χ2n) is 5.00. The first-order valence-corrected chi connectivity index (χ1v) is 7.40. The number of rotatable bonds is 4. The summed E-state index contributed by atoms with van der Waals surface area (Å²) in [5.41, 5.74) is 2.72. The minimum atomic E-state index is -4.34. The Labute approximate surface area is 133 Å². The second kappa shape index (κ2) is 7.25. The highest BCUT2D eigenvalue weighted by Gasteiger charge is 2.29. The Hall–Kier alpha value is -2.39. The Morgan fingerprint density at radius 2 is 1.43 bits per heavy atom. The zero-order chi connectivity index (χ0) is 16.9. The summed E-state index contributed by atoms with van der Waals surface area (Å²) in [6.45, 7) is 4.08. The van der Waals surface area contributed by atoms with Crippen LogP contribution in [-0.2, 0) is 19.0 Å². The van der Waals surface area contributed by atoms with Crippen LogP contribution in [0.1, 0.15) is 30.5 Å². The average molecular weight is 318 g/mol. The van der Waals surface area contributed by atoms with E-state index in [1.165, 1.54) is 12.1 Å². The summed E-state index contributed by atoms with van der Waals surface area (Å²) >= 11 is 0. The van der Waals surface area contributed by atoms with Crippen molar-refractivity contribution in [3.05, 3.63) is 59.2 Å². The Bertz CT molecular complexity index is 703. The lowest BCUT2D eigenvalue weighted by atomic mass is 10.0. The van der Waals surface area contributed by atoms with Gasteiger partial charge in [-0.1, -0.05) is 32.0 Å². The number of para-hydroxylation sites is 1. The summed E-state index contributed by atoms with van der Waals surface area (Å²) in [7, 11) is 0. The Morgan fingerprint density at radius 1 is 0.870 bits per heavy atom. The van der Waals surface area contributed by atoms with Gasteiger partial charge in [0.15, 0.2) is 0 Å². The van der Waals surface area contributed by atoms with Gasteiger partial charge in [0, 0.05) is 0 Å². The van der Waals surface area contributed by atoms with E-state index < -0.39 is 11.7 Å². The van der Waals surface area contributed by atoms with E-state index in [1.54, 1.807) is 0 Å². The molecule has 0 aliphatic heterocycles. The van der Waals surface area contributed by atoms with Gasteiger partial charge in [-0.15, -0.1) is 0 Å². The van der Waals surface area contributed by atoms with E-state index in [0.717, 1.165) is 41.8 Å². The summed E-state index contributed by atoms with van der Waals surface area (Å²) in [4.78, 5) is 8.27. The van der Waals surface area contributed by atoms with Crippen LogP contribution in [0, 0.1) is 0 Å². The molecular weight excluding hydrogens is 301 g/mol. The summed E-state index contributed by atoms with van der Waals surface area (Å²) in [6.07, 6.45) is -2.66. The maximum atomic E-state index is 12.5. The normalized spacial score (nSPS) is 11.0.